The first kappa shape index (κ1) is 13.4. The largest absolute Gasteiger partial charge is 0.388 e. The van der Waals surface area contributed by atoms with Gasteiger partial charge in [-0.15, -0.1) is 0 Å². The summed E-state index contributed by atoms with van der Waals surface area (Å²) in [5.41, 5.74) is 9.36. The molecule has 4 nitrogen and oxygen atoms in total. The van der Waals surface area contributed by atoms with Gasteiger partial charge >= 0.3 is 0 Å². The number of hydrogen-bond acceptors (Lipinski definition) is 3. The third-order valence-electron chi connectivity index (χ3n) is 3.15. The molecule has 0 aliphatic carbocycles. The van der Waals surface area contributed by atoms with Crippen LogP contribution in [0.15, 0.2) is 29.1 Å². The molecule has 19 heavy (non-hydrogen) atoms. The quantitative estimate of drug-likeness (QED) is 0.847. The molecule has 0 bridgehead atoms. The average Bonchev–Trinajstić information content (AvgIpc) is 2.33. The molecule has 1 aromatic heterocycles. The number of nitrogens with zero attached hydrogens (tertiary/aromatic N) is 2. The first-order chi connectivity index (χ1) is 8.91. The summed E-state index contributed by atoms with van der Waals surface area (Å²) in [6.07, 6.45) is 0. The molecule has 0 radical (unpaired) electrons. The first-order valence-electron chi connectivity index (χ1n) is 5.89. The fourth-order valence-electron chi connectivity index (χ4n) is 1.93. The van der Waals surface area contributed by atoms with E-state index < -0.39 is 0 Å². The second kappa shape index (κ2) is 4.93. The molecular weight excluding hydrogens is 258 g/mol. The van der Waals surface area contributed by atoms with Crippen molar-refractivity contribution in [1.29, 1.82) is 0 Å². The van der Waals surface area contributed by atoms with Gasteiger partial charge in [-0.05, 0) is 38.0 Å². The Balaban J connectivity index is 2.76. The zero-order valence-electron chi connectivity index (χ0n) is 11.1. The Hall–Kier alpha value is -2.01. The number of hydrogen-bond donors (Lipinski definition) is 1. The molecular formula is C14H15N3OS. The number of nitrogens with two attached hydrogens (primary N) is 1. The van der Waals surface area contributed by atoms with Crippen LogP contribution >= 0.6 is 12.2 Å². The lowest BCUT2D eigenvalue weighted by molar-refractivity contribution is 0.787. The van der Waals surface area contributed by atoms with Gasteiger partial charge in [0.05, 0.1) is 5.69 Å². The summed E-state index contributed by atoms with van der Waals surface area (Å²) in [7, 11) is 0. The van der Waals surface area contributed by atoms with Crippen LogP contribution in [0.2, 0.25) is 0 Å². The third kappa shape index (κ3) is 2.42. The zero-order valence-corrected chi connectivity index (χ0v) is 11.9. The van der Waals surface area contributed by atoms with Crippen LogP contribution in [0.3, 0.4) is 0 Å². The topological polar surface area (TPSA) is 60.9 Å². The summed E-state index contributed by atoms with van der Waals surface area (Å²) in [5.74, 6) is 0. The van der Waals surface area contributed by atoms with Crippen LogP contribution in [0, 0.1) is 20.8 Å². The molecule has 2 rings (SSSR count). The van der Waals surface area contributed by atoms with E-state index in [1.807, 2.05) is 39.0 Å². The van der Waals surface area contributed by atoms with E-state index in [-0.39, 0.29) is 16.1 Å². The molecule has 0 amide bonds. The summed E-state index contributed by atoms with van der Waals surface area (Å²) in [6, 6.07) is 7.45. The summed E-state index contributed by atoms with van der Waals surface area (Å²) in [5, 5.41) is 4.28. The van der Waals surface area contributed by atoms with E-state index in [1.165, 1.54) is 6.07 Å². The Kier molecular flexibility index (Phi) is 3.48. The number of rotatable bonds is 2. The van der Waals surface area contributed by atoms with Crippen molar-refractivity contribution >= 4 is 17.2 Å². The summed E-state index contributed by atoms with van der Waals surface area (Å²) in [4.78, 5) is 11.8. The number of aryl methyl sites for hydroxylation is 2. The Morgan fingerprint density at radius 1 is 1.32 bits per heavy atom. The smallest absolute Gasteiger partial charge is 0.210 e. The molecule has 98 valence electrons. The molecule has 0 spiro atoms. The molecule has 0 atom stereocenters. The minimum atomic E-state index is -0.244. The molecule has 2 aromatic rings. The lowest BCUT2D eigenvalue weighted by Crippen LogP contribution is -2.26. The van der Waals surface area contributed by atoms with Gasteiger partial charge in [0.1, 0.15) is 4.99 Å². The van der Waals surface area contributed by atoms with Crippen LogP contribution in [0.1, 0.15) is 22.5 Å². The number of benzene rings is 1. The van der Waals surface area contributed by atoms with Crippen LogP contribution in [-0.2, 0) is 0 Å². The average molecular weight is 273 g/mol. The Morgan fingerprint density at radius 2 is 2.00 bits per heavy atom. The van der Waals surface area contributed by atoms with E-state index in [4.69, 9.17) is 18.0 Å². The SMILES string of the molecule is Cc1cccc(-n2nc(C(N)=S)c(=O)cc2C)c1C. The summed E-state index contributed by atoms with van der Waals surface area (Å²) >= 11 is 4.86. The van der Waals surface area contributed by atoms with Crippen molar-refractivity contribution in [2.75, 3.05) is 0 Å². The van der Waals surface area contributed by atoms with E-state index in [2.05, 4.69) is 5.10 Å². The normalized spacial score (nSPS) is 10.5. The Morgan fingerprint density at radius 3 is 2.63 bits per heavy atom. The van der Waals surface area contributed by atoms with E-state index in [9.17, 15) is 4.79 Å². The van der Waals surface area contributed by atoms with E-state index in [1.54, 1.807) is 4.68 Å². The van der Waals surface area contributed by atoms with Crippen LogP contribution < -0.4 is 11.2 Å². The van der Waals surface area contributed by atoms with Crippen LogP contribution in [0.5, 0.6) is 0 Å². The van der Waals surface area contributed by atoms with Gasteiger partial charge in [-0.3, -0.25) is 4.79 Å². The first-order valence-corrected chi connectivity index (χ1v) is 6.30. The van der Waals surface area contributed by atoms with Crippen molar-refractivity contribution in [3.63, 3.8) is 0 Å². The highest BCUT2D eigenvalue weighted by atomic mass is 32.1. The molecule has 0 saturated carbocycles. The maximum Gasteiger partial charge on any atom is 0.210 e. The van der Waals surface area contributed by atoms with Crippen molar-refractivity contribution in [2.45, 2.75) is 20.8 Å². The van der Waals surface area contributed by atoms with Gasteiger partial charge in [0.25, 0.3) is 0 Å². The van der Waals surface area contributed by atoms with Gasteiger partial charge < -0.3 is 5.73 Å². The van der Waals surface area contributed by atoms with Crippen molar-refractivity contribution in [3.05, 3.63) is 57.0 Å². The lowest BCUT2D eigenvalue weighted by atomic mass is 10.1. The van der Waals surface area contributed by atoms with Gasteiger partial charge in [0.15, 0.2) is 5.69 Å². The molecule has 0 unspecified atom stereocenters. The maximum atomic E-state index is 11.8. The molecule has 5 heteroatoms. The third-order valence-corrected chi connectivity index (χ3v) is 3.34. The van der Waals surface area contributed by atoms with Crippen LogP contribution in [-0.4, -0.2) is 14.8 Å². The van der Waals surface area contributed by atoms with E-state index in [0.29, 0.717) is 0 Å². The standard InChI is InChI=1S/C14H15N3OS/c1-8-5-4-6-11(10(8)3)17-9(2)7-12(18)13(16-17)14(15)19/h4-7H,1-3H3,(H2,15,19). The lowest BCUT2D eigenvalue weighted by Gasteiger charge is -2.14. The highest BCUT2D eigenvalue weighted by Crippen LogP contribution is 2.17. The minimum absolute atomic E-state index is 0.0176. The van der Waals surface area contributed by atoms with E-state index >= 15 is 0 Å². The monoisotopic (exact) mass is 273 g/mol. The highest BCUT2D eigenvalue weighted by Gasteiger charge is 2.11. The highest BCUT2D eigenvalue weighted by molar-refractivity contribution is 7.80. The fourth-order valence-corrected chi connectivity index (χ4v) is 2.07. The van der Waals surface area contributed by atoms with Crippen LogP contribution in [0.4, 0.5) is 0 Å². The predicted octanol–water partition coefficient (Wildman–Crippen LogP) is 1.79. The van der Waals surface area contributed by atoms with Crippen molar-refractivity contribution < 1.29 is 0 Å². The Labute approximate surface area is 116 Å². The van der Waals surface area contributed by atoms with Gasteiger partial charge in [0, 0.05) is 11.8 Å². The van der Waals surface area contributed by atoms with E-state index in [0.717, 1.165) is 22.5 Å². The van der Waals surface area contributed by atoms with Gasteiger partial charge in [-0.2, -0.15) is 5.10 Å². The zero-order chi connectivity index (χ0) is 14.2. The second-order valence-electron chi connectivity index (χ2n) is 4.49. The predicted molar refractivity (Wildman–Crippen MR) is 79.9 cm³/mol. The van der Waals surface area contributed by atoms with Crippen molar-refractivity contribution in [2.24, 2.45) is 5.73 Å². The molecule has 0 aliphatic heterocycles. The fraction of sp³-hybridized carbons (Fsp3) is 0.214. The summed E-state index contributed by atoms with van der Waals surface area (Å²) in [6.45, 7) is 5.88. The van der Waals surface area contributed by atoms with Crippen LogP contribution in [0.25, 0.3) is 5.69 Å². The van der Waals surface area contributed by atoms with Crippen molar-refractivity contribution in [1.82, 2.24) is 9.78 Å². The second-order valence-corrected chi connectivity index (χ2v) is 4.93. The molecule has 0 aliphatic rings. The molecule has 1 heterocycles. The maximum absolute atomic E-state index is 11.8. The van der Waals surface area contributed by atoms with Gasteiger partial charge in [0.2, 0.25) is 5.43 Å². The number of aromatic nitrogens is 2. The Bertz CT molecular complexity index is 719. The minimum Gasteiger partial charge on any atom is -0.388 e. The summed E-state index contributed by atoms with van der Waals surface area (Å²) < 4.78 is 1.71. The molecule has 2 N–H and O–H groups in total. The molecule has 0 fully saturated rings. The van der Waals surface area contributed by atoms with Crippen molar-refractivity contribution in [3.8, 4) is 5.69 Å². The van der Waals surface area contributed by atoms with Gasteiger partial charge in [-0.25, -0.2) is 4.68 Å². The number of thiocarbonyl (C=S) groups is 1. The molecule has 1 aromatic carbocycles. The molecule has 0 saturated heterocycles. The van der Waals surface area contributed by atoms with Gasteiger partial charge in [-0.1, -0.05) is 24.4 Å².